The Morgan fingerprint density at radius 1 is 1.14 bits per heavy atom. The number of ether oxygens (including phenoxy) is 1. The molecule has 0 N–H and O–H groups in total. The average Bonchev–Trinajstić information content (AvgIpc) is 2.18. The highest BCUT2D eigenvalue weighted by Crippen LogP contribution is 2.05. The van der Waals surface area contributed by atoms with Crippen molar-refractivity contribution in [3.63, 3.8) is 0 Å². The molecule has 14 heavy (non-hydrogen) atoms. The number of rotatable bonds is 6. The molecule has 1 aromatic rings. The van der Waals surface area contributed by atoms with Gasteiger partial charge in [-0.1, -0.05) is 44.2 Å². The summed E-state index contributed by atoms with van der Waals surface area (Å²) in [6, 6.07) is 10.3. The minimum Gasteiger partial charge on any atom is -0.377 e. The Kier molecular flexibility index (Phi) is 5.31. The highest BCUT2D eigenvalue weighted by Gasteiger charge is 1.94. The molecule has 0 bridgehead atoms. The average molecular weight is 192 g/mol. The molecule has 0 fully saturated rings. The minimum atomic E-state index is 0.749. The third-order valence-electron chi connectivity index (χ3n) is 2.18. The summed E-state index contributed by atoms with van der Waals surface area (Å²) in [6.07, 6.45) is 2.43. The molecule has 1 aromatic carbocycles. The fourth-order valence-electron chi connectivity index (χ4n) is 1.36. The van der Waals surface area contributed by atoms with Crippen LogP contribution in [-0.2, 0) is 11.3 Å². The van der Waals surface area contributed by atoms with Gasteiger partial charge < -0.3 is 4.74 Å². The van der Waals surface area contributed by atoms with Gasteiger partial charge in [-0.25, -0.2) is 0 Å². The molecule has 0 unspecified atom stereocenters. The highest BCUT2D eigenvalue weighted by atomic mass is 16.5. The van der Waals surface area contributed by atoms with Crippen LogP contribution in [0.1, 0.15) is 32.3 Å². The Morgan fingerprint density at radius 2 is 1.86 bits per heavy atom. The van der Waals surface area contributed by atoms with Gasteiger partial charge in [0.2, 0.25) is 0 Å². The lowest BCUT2D eigenvalue weighted by atomic mass is 10.1. The Balaban J connectivity index is 2.05. The van der Waals surface area contributed by atoms with Crippen LogP contribution < -0.4 is 0 Å². The maximum atomic E-state index is 5.57. The van der Waals surface area contributed by atoms with E-state index in [4.69, 9.17) is 4.74 Å². The molecule has 1 rings (SSSR count). The molecule has 0 aliphatic rings. The van der Waals surface area contributed by atoms with E-state index in [9.17, 15) is 0 Å². The van der Waals surface area contributed by atoms with Crippen molar-refractivity contribution in [2.45, 2.75) is 33.3 Å². The molecule has 0 heterocycles. The van der Waals surface area contributed by atoms with Crippen LogP contribution in [-0.4, -0.2) is 6.61 Å². The Hall–Kier alpha value is -0.820. The molecule has 78 valence electrons. The van der Waals surface area contributed by atoms with Gasteiger partial charge in [-0.05, 0) is 24.3 Å². The van der Waals surface area contributed by atoms with Crippen molar-refractivity contribution >= 4 is 0 Å². The van der Waals surface area contributed by atoms with Crippen molar-refractivity contribution in [3.8, 4) is 0 Å². The predicted molar refractivity (Wildman–Crippen MR) is 60.2 cm³/mol. The normalized spacial score (nSPS) is 10.8. The summed E-state index contributed by atoms with van der Waals surface area (Å²) < 4.78 is 5.57. The number of hydrogen-bond acceptors (Lipinski definition) is 1. The summed E-state index contributed by atoms with van der Waals surface area (Å²) in [5.41, 5.74) is 1.26. The maximum Gasteiger partial charge on any atom is 0.0716 e. The smallest absolute Gasteiger partial charge is 0.0716 e. The van der Waals surface area contributed by atoms with Crippen LogP contribution in [0, 0.1) is 5.92 Å². The van der Waals surface area contributed by atoms with E-state index in [1.807, 2.05) is 18.2 Å². The van der Waals surface area contributed by atoms with Crippen molar-refractivity contribution in [1.29, 1.82) is 0 Å². The third kappa shape index (κ3) is 5.03. The van der Waals surface area contributed by atoms with Crippen LogP contribution in [0.25, 0.3) is 0 Å². The zero-order valence-electron chi connectivity index (χ0n) is 9.20. The standard InChI is InChI=1S/C13H20O/c1-12(2)7-6-10-14-11-13-8-4-3-5-9-13/h3-5,8-9,12H,6-7,10-11H2,1-2H3. The van der Waals surface area contributed by atoms with Gasteiger partial charge in [-0.15, -0.1) is 0 Å². The van der Waals surface area contributed by atoms with Crippen LogP contribution in [0.4, 0.5) is 0 Å². The Labute approximate surface area is 87.1 Å². The van der Waals surface area contributed by atoms with Gasteiger partial charge in [-0.2, -0.15) is 0 Å². The summed E-state index contributed by atoms with van der Waals surface area (Å²) in [5, 5.41) is 0. The first-order valence-corrected chi connectivity index (χ1v) is 5.40. The Bertz CT molecular complexity index is 228. The topological polar surface area (TPSA) is 9.23 Å². The fourth-order valence-corrected chi connectivity index (χ4v) is 1.36. The third-order valence-corrected chi connectivity index (χ3v) is 2.18. The van der Waals surface area contributed by atoms with E-state index in [-0.39, 0.29) is 0 Å². The number of benzene rings is 1. The van der Waals surface area contributed by atoms with Crippen molar-refractivity contribution < 1.29 is 4.74 Å². The van der Waals surface area contributed by atoms with E-state index >= 15 is 0 Å². The molecular weight excluding hydrogens is 172 g/mol. The first-order valence-electron chi connectivity index (χ1n) is 5.40. The lowest BCUT2D eigenvalue weighted by Crippen LogP contribution is -1.97. The van der Waals surface area contributed by atoms with Gasteiger partial charge in [0.05, 0.1) is 6.61 Å². The van der Waals surface area contributed by atoms with Crippen LogP contribution in [0.2, 0.25) is 0 Å². The van der Waals surface area contributed by atoms with E-state index in [2.05, 4.69) is 26.0 Å². The zero-order chi connectivity index (χ0) is 10.2. The van der Waals surface area contributed by atoms with Crippen molar-refractivity contribution in [2.24, 2.45) is 5.92 Å². The summed E-state index contributed by atoms with van der Waals surface area (Å²) in [5.74, 6) is 0.787. The first kappa shape index (κ1) is 11.3. The summed E-state index contributed by atoms with van der Waals surface area (Å²) >= 11 is 0. The van der Waals surface area contributed by atoms with Gasteiger partial charge in [0.1, 0.15) is 0 Å². The van der Waals surface area contributed by atoms with Gasteiger partial charge in [0.15, 0.2) is 0 Å². The molecule has 0 aromatic heterocycles. The molecule has 0 amide bonds. The van der Waals surface area contributed by atoms with Crippen molar-refractivity contribution in [2.75, 3.05) is 6.61 Å². The largest absolute Gasteiger partial charge is 0.377 e. The second kappa shape index (κ2) is 6.61. The van der Waals surface area contributed by atoms with Gasteiger partial charge in [-0.3, -0.25) is 0 Å². The second-order valence-electron chi connectivity index (χ2n) is 4.07. The van der Waals surface area contributed by atoms with Crippen LogP contribution >= 0.6 is 0 Å². The molecule has 0 aliphatic carbocycles. The molecule has 0 radical (unpaired) electrons. The van der Waals surface area contributed by atoms with E-state index in [1.165, 1.54) is 18.4 Å². The molecule has 1 heteroatoms. The van der Waals surface area contributed by atoms with Crippen molar-refractivity contribution in [3.05, 3.63) is 35.9 Å². The second-order valence-corrected chi connectivity index (χ2v) is 4.07. The molecular formula is C13H20O. The number of hydrogen-bond donors (Lipinski definition) is 0. The van der Waals surface area contributed by atoms with Gasteiger partial charge in [0, 0.05) is 6.61 Å². The summed E-state index contributed by atoms with van der Waals surface area (Å²) in [6.45, 7) is 6.13. The van der Waals surface area contributed by atoms with E-state index in [0.717, 1.165) is 19.1 Å². The monoisotopic (exact) mass is 192 g/mol. The van der Waals surface area contributed by atoms with Crippen molar-refractivity contribution in [1.82, 2.24) is 0 Å². The van der Waals surface area contributed by atoms with Crippen LogP contribution in [0.5, 0.6) is 0 Å². The molecule has 0 spiro atoms. The molecule has 0 atom stereocenters. The highest BCUT2D eigenvalue weighted by molar-refractivity contribution is 5.13. The molecule has 0 aliphatic heterocycles. The van der Waals surface area contributed by atoms with E-state index in [0.29, 0.717) is 0 Å². The minimum absolute atomic E-state index is 0.749. The Morgan fingerprint density at radius 3 is 2.50 bits per heavy atom. The van der Waals surface area contributed by atoms with Gasteiger partial charge in [0.25, 0.3) is 0 Å². The van der Waals surface area contributed by atoms with E-state index < -0.39 is 0 Å². The predicted octanol–water partition coefficient (Wildman–Crippen LogP) is 3.64. The lowest BCUT2D eigenvalue weighted by molar-refractivity contribution is 0.115. The molecule has 0 saturated heterocycles. The lowest BCUT2D eigenvalue weighted by Gasteiger charge is -2.05. The van der Waals surface area contributed by atoms with Gasteiger partial charge >= 0.3 is 0 Å². The SMILES string of the molecule is CC(C)CCCOCc1ccccc1. The molecule has 0 saturated carbocycles. The van der Waals surface area contributed by atoms with Crippen LogP contribution in [0.15, 0.2) is 30.3 Å². The van der Waals surface area contributed by atoms with E-state index in [1.54, 1.807) is 0 Å². The fraction of sp³-hybridized carbons (Fsp3) is 0.538. The summed E-state index contributed by atoms with van der Waals surface area (Å²) in [7, 11) is 0. The maximum absolute atomic E-state index is 5.57. The molecule has 1 nitrogen and oxygen atoms in total. The van der Waals surface area contributed by atoms with Crippen LogP contribution in [0.3, 0.4) is 0 Å². The first-order chi connectivity index (χ1) is 6.79. The zero-order valence-corrected chi connectivity index (χ0v) is 9.20. The quantitative estimate of drug-likeness (QED) is 0.625. The summed E-state index contributed by atoms with van der Waals surface area (Å²) in [4.78, 5) is 0.